The molecule has 0 atom stereocenters. The zero-order valence-corrected chi connectivity index (χ0v) is 17.6. The smallest absolute Gasteiger partial charge is 0.286 e. The second-order valence-electron chi connectivity index (χ2n) is 7.78. The number of nitrogens with one attached hydrogen (secondary N) is 1. The van der Waals surface area contributed by atoms with Gasteiger partial charge >= 0.3 is 0 Å². The van der Waals surface area contributed by atoms with Crippen molar-refractivity contribution < 1.29 is 9.59 Å². The van der Waals surface area contributed by atoms with Crippen LogP contribution < -0.4 is 5.32 Å². The molecule has 4 rings (SSSR count). The fourth-order valence-corrected chi connectivity index (χ4v) is 4.77. The van der Waals surface area contributed by atoms with Gasteiger partial charge < -0.3 is 10.2 Å². The average Bonchev–Trinajstić information content (AvgIpc) is 3.21. The second kappa shape index (κ2) is 9.00. The fraction of sp³-hybridized carbons (Fsp3) is 0.524. The lowest BCUT2D eigenvalue weighted by Crippen LogP contribution is -2.52. The van der Waals surface area contributed by atoms with Crippen LogP contribution in [0.15, 0.2) is 24.3 Å². The van der Waals surface area contributed by atoms with Crippen molar-refractivity contribution in [1.82, 2.24) is 20.0 Å². The largest absolute Gasteiger partial charge is 0.336 e. The summed E-state index contributed by atoms with van der Waals surface area (Å²) in [6.45, 7) is 5.30. The number of hydrogen-bond donors (Lipinski definition) is 1. The first kappa shape index (κ1) is 20.0. The molecule has 0 spiro atoms. The van der Waals surface area contributed by atoms with Crippen LogP contribution in [0.4, 0.5) is 5.69 Å². The van der Waals surface area contributed by atoms with Crippen LogP contribution in [-0.2, 0) is 0 Å². The summed E-state index contributed by atoms with van der Waals surface area (Å²) in [5.41, 5.74) is 1.29. The van der Waals surface area contributed by atoms with Gasteiger partial charge in [0, 0.05) is 43.5 Å². The van der Waals surface area contributed by atoms with Gasteiger partial charge in [-0.1, -0.05) is 30.6 Å². The molecule has 7 nitrogen and oxygen atoms in total. The van der Waals surface area contributed by atoms with E-state index in [9.17, 15) is 9.59 Å². The molecule has 29 heavy (non-hydrogen) atoms. The molecule has 2 fully saturated rings. The molecule has 1 N–H and O–H groups in total. The Morgan fingerprint density at radius 2 is 1.69 bits per heavy atom. The summed E-state index contributed by atoms with van der Waals surface area (Å²) in [7, 11) is 0. The molecule has 0 unspecified atom stereocenters. The van der Waals surface area contributed by atoms with Gasteiger partial charge in [-0.05, 0) is 44.0 Å². The topological polar surface area (TPSA) is 78.4 Å². The van der Waals surface area contributed by atoms with E-state index < -0.39 is 0 Å². The zero-order valence-electron chi connectivity index (χ0n) is 16.8. The van der Waals surface area contributed by atoms with Gasteiger partial charge in [-0.25, -0.2) is 0 Å². The van der Waals surface area contributed by atoms with E-state index in [-0.39, 0.29) is 11.8 Å². The van der Waals surface area contributed by atoms with E-state index in [4.69, 9.17) is 0 Å². The molecule has 1 aliphatic carbocycles. The summed E-state index contributed by atoms with van der Waals surface area (Å²) >= 11 is 1.25. The van der Waals surface area contributed by atoms with Crippen LogP contribution in [0.2, 0.25) is 0 Å². The Balaban J connectivity index is 1.31. The zero-order chi connectivity index (χ0) is 20.2. The second-order valence-corrected chi connectivity index (χ2v) is 8.96. The summed E-state index contributed by atoms with van der Waals surface area (Å²) < 4.78 is 0. The number of nitrogens with zero attached hydrogens (tertiary/aromatic N) is 4. The van der Waals surface area contributed by atoms with Crippen molar-refractivity contribution in [1.29, 1.82) is 0 Å². The first-order valence-electron chi connectivity index (χ1n) is 10.3. The van der Waals surface area contributed by atoms with Crippen molar-refractivity contribution in [2.45, 2.75) is 45.1 Å². The number of aromatic nitrogens is 2. The third kappa shape index (κ3) is 4.82. The Morgan fingerprint density at radius 3 is 2.31 bits per heavy atom. The molecule has 1 aliphatic heterocycles. The number of amides is 2. The highest BCUT2D eigenvalue weighted by molar-refractivity contribution is 7.13. The third-order valence-corrected chi connectivity index (χ3v) is 6.64. The van der Waals surface area contributed by atoms with Crippen molar-refractivity contribution in [2.75, 3.05) is 31.5 Å². The van der Waals surface area contributed by atoms with Crippen LogP contribution in [0.3, 0.4) is 0 Å². The minimum absolute atomic E-state index is 0.0610. The Bertz CT molecular complexity index is 852. The molecule has 154 valence electrons. The van der Waals surface area contributed by atoms with E-state index >= 15 is 0 Å². The molecule has 0 bridgehead atoms. The van der Waals surface area contributed by atoms with E-state index in [2.05, 4.69) is 20.4 Å². The molecular formula is C21H27N5O2S. The maximum Gasteiger partial charge on any atom is 0.286 e. The normalized spacial score (nSPS) is 18.6. The minimum Gasteiger partial charge on any atom is -0.336 e. The summed E-state index contributed by atoms with van der Waals surface area (Å²) in [6.07, 6.45) is 6.65. The Kier molecular flexibility index (Phi) is 6.20. The highest BCUT2D eigenvalue weighted by Crippen LogP contribution is 2.24. The maximum atomic E-state index is 12.8. The van der Waals surface area contributed by atoms with Crippen molar-refractivity contribution in [3.8, 4) is 0 Å². The van der Waals surface area contributed by atoms with E-state index in [1.165, 1.54) is 43.4 Å². The van der Waals surface area contributed by atoms with Gasteiger partial charge in [-0.2, -0.15) is 0 Å². The Morgan fingerprint density at radius 1 is 1.00 bits per heavy atom. The maximum absolute atomic E-state index is 12.8. The highest BCUT2D eigenvalue weighted by atomic mass is 32.1. The van der Waals surface area contributed by atoms with Gasteiger partial charge in [-0.3, -0.25) is 14.5 Å². The number of anilines is 1. The van der Waals surface area contributed by atoms with Gasteiger partial charge in [0.25, 0.3) is 11.8 Å². The van der Waals surface area contributed by atoms with Gasteiger partial charge in [-0.15, -0.1) is 10.2 Å². The lowest BCUT2D eigenvalue weighted by molar-refractivity contribution is 0.0523. The third-order valence-electron chi connectivity index (χ3n) is 5.80. The molecule has 1 aromatic heterocycles. The van der Waals surface area contributed by atoms with Crippen LogP contribution in [-0.4, -0.2) is 64.0 Å². The van der Waals surface area contributed by atoms with Crippen LogP contribution in [0.1, 0.15) is 57.3 Å². The monoisotopic (exact) mass is 413 g/mol. The molecule has 1 saturated heterocycles. The summed E-state index contributed by atoms with van der Waals surface area (Å²) in [6, 6.07) is 7.78. The molecule has 2 amide bonds. The molecule has 1 saturated carbocycles. The van der Waals surface area contributed by atoms with Crippen LogP contribution in [0.25, 0.3) is 0 Å². The van der Waals surface area contributed by atoms with Crippen LogP contribution in [0.5, 0.6) is 0 Å². The molecule has 1 aromatic carbocycles. The van der Waals surface area contributed by atoms with Crippen molar-refractivity contribution in [3.05, 3.63) is 39.8 Å². The van der Waals surface area contributed by atoms with Crippen LogP contribution in [0, 0.1) is 6.92 Å². The number of aryl methyl sites for hydroxylation is 1. The summed E-state index contributed by atoms with van der Waals surface area (Å²) in [5, 5.41) is 11.6. The van der Waals surface area contributed by atoms with Crippen molar-refractivity contribution >= 4 is 28.8 Å². The molecule has 2 aromatic rings. The van der Waals surface area contributed by atoms with E-state index in [0.29, 0.717) is 22.3 Å². The predicted molar refractivity (Wildman–Crippen MR) is 113 cm³/mol. The standard InChI is InChI=1S/C21H27N5O2S/c1-15-23-24-20(29-15)19(27)22-17-9-7-16(8-10-17)21(28)26-13-11-25(12-14-26)18-5-3-2-4-6-18/h7-10,18H,2-6,11-14H2,1H3,(H,22,27). The lowest BCUT2D eigenvalue weighted by atomic mass is 9.94. The van der Waals surface area contributed by atoms with Crippen molar-refractivity contribution in [2.24, 2.45) is 0 Å². The molecule has 2 aliphatic rings. The number of piperazine rings is 1. The van der Waals surface area contributed by atoms with Gasteiger partial charge in [0.15, 0.2) is 0 Å². The van der Waals surface area contributed by atoms with E-state index in [1.807, 2.05) is 11.8 Å². The summed E-state index contributed by atoms with van der Waals surface area (Å²) in [4.78, 5) is 29.5. The van der Waals surface area contributed by atoms with Crippen LogP contribution >= 0.6 is 11.3 Å². The SMILES string of the molecule is Cc1nnc(C(=O)Nc2ccc(C(=O)N3CCN(C4CCCCC4)CC3)cc2)s1. The van der Waals surface area contributed by atoms with E-state index in [0.717, 1.165) is 31.2 Å². The number of carbonyl (C=O) groups excluding carboxylic acids is 2. The van der Waals surface area contributed by atoms with E-state index in [1.54, 1.807) is 24.3 Å². The molecular weight excluding hydrogens is 386 g/mol. The van der Waals surface area contributed by atoms with Crippen molar-refractivity contribution in [3.63, 3.8) is 0 Å². The molecule has 8 heteroatoms. The molecule has 2 heterocycles. The lowest BCUT2D eigenvalue weighted by Gasteiger charge is -2.40. The fourth-order valence-electron chi connectivity index (χ4n) is 4.19. The highest BCUT2D eigenvalue weighted by Gasteiger charge is 2.27. The first-order chi connectivity index (χ1) is 14.1. The van der Waals surface area contributed by atoms with Gasteiger partial charge in [0.2, 0.25) is 5.01 Å². The van der Waals surface area contributed by atoms with Gasteiger partial charge in [0.05, 0.1) is 0 Å². The number of rotatable bonds is 4. The minimum atomic E-state index is -0.284. The number of benzene rings is 1. The molecule has 0 radical (unpaired) electrons. The Labute approximate surface area is 175 Å². The average molecular weight is 414 g/mol. The quantitative estimate of drug-likeness (QED) is 0.833. The predicted octanol–water partition coefficient (Wildman–Crippen LogP) is 3.19. The number of carbonyl (C=O) groups is 2. The Hall–Kier alpha value is -2.32. The number of hydrogen-bond acceptors (Lipinski definition) is 6. The first-order valence-corrected chi connectivity index (χ1v) is 11.2. The van der Waals surface area contributed by atoms with Gasteiger partial charge in [0.1, 0.15) is 5.01 Å². The summed E-state index contributed by atoms with van der Waals surface area (Å²) in [5.74, 6) is -0.223.